The first-order chi connectivity index (χ1) is 10.3. The van der Waals surface area contributed by atoms with E-state index in [0.717, 1.165) is 25.1 Å². The summed E-state index contributed by atoms with van der Waals surface area (Å²) in [5, 5.41) is 6.08. The molecule has 1 aliphatic rings. The Bertz CT molecular complexity index is 602. The summed E-state index contributed by atoms with van der Waals surface area (Å²) in [5.41, 5.74) is 0.771. The van der Waals surface area contributed by atoms with Gasteiger partial charge in [-0.05, 0) is 55.8 Å². The number of rotatable bonds is 4. The lowest BCUT2D eigenvalue weighted by atomic mass is 10.2. The first-order valence-corrected chi connectivity index (χ1v) is 7.03. The number of anilines is 1. The molecule has 1 aromatic carbocycles. The van der Waals surface area contributed by atoms with Crippen molar-refractivity contribution < 1.29 is 9.53 Å². The molecule has 1 aromatic heterocycles. The van der Waals surface area contributed by atoms with Gasteiger partial charge in [0, 0.05) is 11.9 Å². The van der Waals surface area contributed by atoms with Gasteiger partial charge in [-0.2, -0.15) is 0 Å². The van der Waals surface area contributed by atoms with Crippen LogP contribution >= 0.6 is 24.8 Å². The van der Waals surface area contributed by atoms with E-state index in [2.05, 4.69) is 15.6 Å². The Morgan fingerprint density at radius 1 is 1.17 bits per heavy atom. The smallest absolute Gasteiger partial charge is 0.241 e. The molecule has 0 radical (unpaired) electrons. The standard InChI is InChI=1S/C16H17N3O2.2ClH/c20-16(15-4-2-10-18-15)19-12-5-7-13(8-6-12)21-14-3-1-9-17-11-14;;/h1,3,5-9,11,15,18H,2,4,10H2,(H,19,20);2*1H/t15-;;/m1../s1. The third-order valence-corrected chi connectivity index (χ3v) is 3.37. The van der Waals surface area contributed by atoms with Crippen LogP contribution in [0.3, 0.4) is 0 Å². The van der Waals surface area contributed by atoms with Crippen LogP contribution in [0.15, 0.2) is 48.8 Å². The third-order valence-electron chi connectivity index (χ3n) is 3.37. The number of ether oxygens (including phenoxy) is 1. The van der Waals surface area contributed by atoms with E-state index in [1.165, 1.54) is 0 Å². The molecule has 7 heteroatoms. The van der Waals surface area contributed by atoms with Gasteiger partial charge in [-0.25, -0.2) is 0 Å². The van der Waals surface area contributed by atoms with Crippen molar-refractivity contribution in [2.45, 2.75) is 18.9 Å². The van der Waals surface area contributed by atoms with Crippen molar-refractivity contribution in [3.8, 4) is 11.5 Å². The van der Waals surface area contributed by atoms with E-state index < -0.39 is 0 Å². The maximum Gasteiger partial charge on any atom is 0.241 e. The summed E-state index contributed by atoms with van der Waals surface area (Å²) in [6.07, 6.45) is 5.30. The number of nitrogens with one attached hydrogen (secondary N) is 2. The molecule has 1 fully saturated rings. The van der Waals surface area contributed by atoms with Gasteiger partial charge in [0.2, 0.25) is 5.91 Å². The van der Waals surface area contributed by atoms with Crippen molar-refractivity contribution in [3.05, 3.63) is 48.8 Å². The molecular weight excluding hydrogens is 337 g/mol. The number of hydrogen-bond donors (Lipinski definition) is 2. The summed E-state index contributed by atoms with van der Waals surface area (Å²) in [7, 11) is 0. The van der Waals surface area contributed by atoms with E-state index in [1.54, 1.807) is 12.4 Å². The van der Waals surface area contributed by atoms with Gasteiger partial charge in [0.25, 0.3) is 0 Å². The summed E-state index contributed by atoms with van der Waals surface area (Å²) < 4.78 is 5.65. The van der Waals surface area contributed by atoms with Crippen molar-refractivity contribution in [3.63, 3.8) is 0 Å². The van der Waals surface area contributed by atoms with Gasteiger partial charge in [0.05, 0.1) is 12.2 Å². The maximum absolute atomic E-state index is 12.0. The lowest BCUT2D eigenvalue weighted by Crippen LogP contribution is -2.35. The van der Waals surface area contributed by atoms with Crippen LogP contribution in [0, 0.1) is 0 Å². The van der Waals surface area contributed by atoms with Gasteiger partial charge in [-0.3, -0.25) is 9.78 Å². The van der Waals surface area contributed by atoms with Gasteiger partial charge < -0.3 is 15.4 Å². The second kappa shape index (κ2) is 9.35. The lowest BCUT2D eigenvalue weighted by Gasteiger charge is -2.11. The van der Waals surface area contributed by atoms with Gasteiger partial charge in [-0.15, -0.1) is 24.8 Å². The van der Waals surface area contributed by atoms with Crippen LogP contribution in [0.1, 0.15) is 12.8 Å². The molecule has 1 aliphatic heterocycles. The monoisotopic (exact) mass is 355 g/mol. The molecule has 0 unspecified atom stereocenters. The SMILES string of the molecule is Cl.Cl.O=C(Nc1ccc(Oc2cccnc2)cc1)[C@H]1CCCN1. The fourth-order valence-corrected chi connectivity index (χ4v) is 2.29. The Hall–Kier alpha value is -1.82. The highest BCUT2D eigenvalue weighted by Crippen LogP contribution is 2.22. The van der Waals surface area contributed by atoms with Crippen molar-refractivity contribution in [1.29, 1.82) is 0 Å². The van der Waals surface area contributed by atoms with Crippen LogP contribution in [0.2, 0.25) is 0 Å². The molecule has 0 bridgehead atoms. The van der Waals surface area contributed by atoms with Crippen molar-refractivity contribution in [2.75, 3.05) is 11.9 Å². The highest BCUT2D eigenvalue weighted by molar-refractivity contribution is 5.95. The van der Waals surface area contributed by atoms with Crippen LogP contribution in [0.5, 0.6) is 11.5 Å². The Morgan fingerprint density at radius 2 is 1.96 bits per heavy atom. The van der Waals surface area contributed by atoms with Crippen LogP contribution in [0.4, 0.5) is 5.69 Å². The van der Waals surface area contributed by atoms with E-state index in [9.17, 15) is 4.79 Å². The van der Waals surface area contributed by atoms with Crippen molar-refractivity contribution in [1.82, 2.24) is 10.3 Å². The van der Waals surface area contributed by atoms with Crippen LogP contribution in [-0.4, -0.2) is 23.5 Å². The summed E-state index contributed by atoms with van der Waals surface area (Å²) in [4.78, 5) is 16.0. The third kappa shape index (κ3) is 5.39. The molecule has 0 spiro atoms. The van der Waals surface area contributed by atoms with Gasteiger partial charge in [-0.1, -0.05) is 0 Å². The van der Waals surface area contributed by atoms with E-state index >= 15 is 0 Å². The Kier molecular flexibility index (Phi) is 7.81. The molecule has 3 rings (SSSR count). The Labute approximate surface area is 147 Å². The molecular formula is C16H19Cl2N3O2. The largest absolute Gasteiger partial charge is 0.456 e. The summed E-state index contributed by atoms with van der Waals surface area (Å²) in [6.45, 7) is 0.913. The van der Waals surface area contributed by atoms with E-state index in [0.29, 0.717) is 11.5 Å². The fraction of sp³-hybridized carbons (Fsp3) is 0.250. The topological polar surface area (TPSA) is 63.2 Å². The number of carbonyl (C=O) groups is 1. The molecule has 2 heterocycles. The van der Waals surface area contributed by atoms with E-state index in [-0.39, 0.29) is 36.8 Å². The first-order valence-electron chi connectivity index (χ1n) is 7.03. The highest BCUT2D eigenvalue weighted by Gasteiger charge is 2.21. The van der Waals surface area contributed by atoms with Gasteiger partial charge in [0.15, 0.2) is 0 Å². The maximum atomic E-state index is 12.0. The zero-order valence-corrected chi connectivity index (χ0v) is 14.0. The second-order valence-electron chi connectivity index (χ2n) is 4.95. The lowest BCUT2D eigenvalue weighted by molar-refractivity contribution is -0.117. The summed E-state index contributed by atoms with van der Waals surface area (Å²) >= 11 is 0. The fourth-order valence-electron chi connectivity index (χ4n) is 2.29. The van der Waals surface area contributed by atoms with Crippen molar-refractivity contribution in [2.24, 2.45) is 0 Å². The van der Waals surface area contributed by atoms with E-state index in [4.69, 9.17) is 4.74 Å². The molecule has 23 heavy (non-hydrogen) atoms. The number of hydrogen-bond acceptors (Lipinski definition) is 4. The molecule has 0 saturated carbocycles. The number of aromatic nitrogens is 1. The number of amides is 1. The predicted molar refractivity (Wildman–Crippen MR) is 94.9 cm³/mol. The molecule has 2 N–H and O–H groups in total. The molecule has 124 valence electrons. The Morgan fingerprint density at radius 3 is 2.57 bits per heavy atom. The predicted octanol–water partition coefficient (Wildman–Crippen LogP) is 3.41. The van der Waals surface area contributed by atoms with Crippen LogP contribution in [-0.2, 0) is 4.79 Å². The number of pyridine rings is 1. The Balaban J connectivity index is 0.00000132. The minimum absolute atomic E-state index is 0. The van der Waals surface area contributed by atoms with Crippen LogP contribution < -0.4 is 15.4 Å². The van der Waals surface area contributed by atoms with Gasteiger partial charge >= 0.3 is 0 Å². The number of carbonyl (C=O) groups excluding carboxylic acids is 1. The minimum atomic E-state index is -0.0729. The van der Waals surface area contributed by atoms with E-state index in [1.807, 2.05) is 36.4 Å². The molecule has 0 aliphatic carbocycles. The zero-order valence-electron chi connectivity index (χ0n) is 12.4. The molecule has 2 aromatic rings. The number of nitrogens with zero attached hydrogens (tertiary/aromatic N) is 1. The molecule has 5 nitrogen and oxygen atoms in total. The normalized spacial score (nSPS) is 15.9. The quantitative estimate of drug-likeness (QED) is 0.881. The highest BCUT2D eigenvalue weighted by atomic mass is 35.5. The minimum Gasteiger partial charge on any atom is -0.456 e. The number of benzene rings is 1. The molecule has 1 atom stereocenters. The molecule has 1 amide bonds. The number of halogens is 2. The second-order valence-corrected chi connectivity index (χ2v) is 4.95. The first kappa shape index (κ1) is 19.2. The average molecular weight is 356 g/mol. The summed E-state index contributed by atoms with van der Waals surface area (Å²) in [6, 6.07) is 10.9. The summed E-state index contributed by atoms with van der Waals surface area (Å²) in [5.74, 6) is 1.41. The van der Waals surface area contributed by atoms with Gasteiger partial charge in [0.1, 0.15) is 11.5 Å². The average Bonchev–Trinajstić information content (AvgIpc) is 3.05. The zero-order chi connectivity index (χ0) is 14.5. The molecule has 1 saturated heterocycles. The van der Waals surface area contributed by atoms with Crippen molar-refractivity contribution >= 4 is 36.4 Å². The van der Waals surface area contributed by atoms with Crippen LogP contribution in [0.25, 0.3) is 0 Å².